The largest absolute Gasteiger partial charge is 0.337 e. The minimum atomic E-state index is -0.171. The summed E-state index contributed by atoms with van der Waals surface area (Å²) in [6.07, 6.45) is 4.01. The van der Waals surface area contributed by atoms with Gasteiger partial charge in [0.2, 0.25) is 0 Å². The Hall–Kier alpha value is -1.37. The van der Waals surface area contributed by atoms with Crippen molar-refractivity contribution >= 4 is 29.0 Å². The minimum Gasteiger partial charge on any atom is -0.337 e. The average molecular weight is 433 g/mol. The first-order valence-electron chi connectivity index (χ1n) is 10.5. The van der Waals surface area contributed by atoms with Gasteiger partial charge in [0.25, 0.3) is 5.91 Å². The van der Waals surface area contributed by atoms with Crippen LogP contribution in [0.3, 0.4) is 0 Å². The van der Waals surface area contributed by atoms with Crippen LogP contribution in [0.25, 0.3) is 0 Å². The molecule has 2 atom stereocenters. The normalized spacial score (nSPS) is 21.9. The van der Waals surface area contributed by atoms with Crippen molar-refractivity contribution in [3.05, 3.63) is 58.0 Å². The molecule has 29 heavy (non-hydrogen) atoms. The molecular formula is C23H29FN2OS2. The van der Waals surface area contributed by atoms with Crippen molar-refractivity contribution in [2.45, 2.75) is 37.8 Å². The van der Waals surface area contributed by atoms with Crippen molar-refractivity contribution in [3.63, 3.8) is 0 Å². The molecule has 0 spiro atoms. The first-order valence-corrected chi connectivity index (χ1v) is 12.5. The van der Waals surface area contributed by atoms with Crippen LogP contribution in [0.5, 0.6) is 0 Å². The molecule has 6 heteroatoms. The van der Waals surface area contributed by atoms with Crippen LogP contribution in [0.1, 0.15) is 34.5 Å². The number of benzene rings is 1. The van der Waals surface area contributed by atoms with Crippen LogP contribution in [0.15, 0.2) is 41.8 Å². The fourth-order valence-electron chi connectivity index (χ4n) is 4.71. The molecular weight excluding hydrogens is 403 g/mol. The van der Waals surface area contributed by atoms with Crippen LogP contribution in [0.4, 0.5) is 4.39 Å². The third-order valence-corrected chi connectivity index (χ3v) is 8.48. The first-order chi connectivity index (χ1) is 14.1. The zero-order chi connectivity index (χ0) is 20.2. The van der Waals surface area contributed by atoms with E-state index in [9.17, 15) is 9.18 Å². The Balaban J connectivity index is 1.50. The molecule has 1 aromatic carbocycles. The molecule has 0 saturated carbocycles. The molecule has 2 aliphatic rings. The molecule has 1 amide bonds. The predicted octanol–water partition coefficient (Wildman–Crippen LogP) is 4.79. The van der Waals surface area contributed by atoms with Gasteiger partial charge in [-0.1, -0.05) is 24.3 Å². The monoisotopic (exact) mass is 432 g/mol. The molecule has 2 saturated heterocycles. The van der Waals surface area contributed by atoms with Crippen molar-refractivity contribution in [2.24, 2.45) is 5.92 Å². The number of likely N-dealkylation sites (N-methyl/N-ethyl adjacent to an activating group) is 1. The van der Waals surface area contributed by atoms with Crippen LogP contribution < -0.4 is 0 Å². The second-order valence-electron chi connectivity index (χ2n) is 8.15. The van der Waals surface area contributed by atoms with Gasteiger partial charge in [0.05, 0.1) is 4.88 Å². The second kappa shape index (κ2) is 9.63. The SMILES string of the molecule is CN(C(=O)c1cccs1)[C@H](Cc1ccccc1F)C1CCN([C@H]2CCSC2)CC1. The number of hydrogen-bond donors (Lipinski definition) is 0. The lowest BCUT2D eigenvalue weighted by Gasteiger charge is -2.41. The molecule has 0 radical (unpaired) electrons. The summed E-state index contributed by atoms with van der Waals surface area (Å²) in [4.78, 5) is 18.3. The molecule has 0 bridgehead atoms. The molecule has 156 valence electrons. The number of carbonyl (C=O) groups excluding carboxylic acids is 1. The van der Waals surface area contributed by atoms with E-state index >= 15 is 0 Å². The molecule has 0 aliphatic carbocycles. The van der Waals surface area contributed by atoms with Crippen LogP contribution >= 0.6 is 23.1 Å². The van der Waals surface area contributed by atoms with Crippen LogP contribution in [-0.4, -0.2) is 59.4 Å². The van der Waals surface area contributed by atoms with E-state index in [4.69, 9.17) is 0 Å². The van der Waals surface area contributed by atoms with E-state index in [0.29, 0.717) is 17.9 Å². The topological polar surface area (TPSA) is 23.6 Å². The lowest BCUT2D eigenvalue weighted by molar-refractivity contribution is 0.0560. The van der Waals surface area contributed by atoms with Gasteiger partial charge in [-0.2, -0.15) is 11.8 Å². The molecule has 4 rings (SSSR count). The molecule has 2 fully saturated rings. The van der Waals surface area contributed by atoms with E-state index < -0.39 is 0 Å². The number of hydrogen-bond acceptors (Lipinski definition) is 4. The maximum Gasteiger partial charge on any atom is 0.263 e. The van der Waals surface area contributed by atoms with Gasteiger partial charge in [0.1, 0.15) is 5.82 Å². The number of nitrogens with zero attached hydrogens (tertiary/aromatic N) is 2. The number of likely N-dealkylation sites (tertiary alicyclic amines) is 1. The molecule has 3 nitrogen and oxygen atoms in total. The van der Waals surface area contributed by atoms with E-state index in [1.54, 1.807) is 6.07 Å². The summed E-state index contributed by atoms with van der Waals surface area (Å²) in [7, 11) is 1.90. The summed E-state index contributed by atoms with van der Waals surface area (Å²) in [6, 6.07) is 11.5. The molecule has 3 heterocycles. The van der Waals surface area contributed by atoms with E-state index in [-0.39, 0.29) is 17.8 Å². The van der Waals surface area contributed by atoms with Crippen molar-refractivity contribution in [1.29, 1.82) is 0 Å². The van der Waals surface area contributed by atoms with Crippen molar-refractivity contribution < 1.29 is 9.18 Å². The Bertz CT molecular complexity index is 799. The van der Waals surface area contributed by atoms with Crippen molar-refractivity contribution in [3.8, 4) is 0 Å². The lowest BCUT2D eigenvalue weighted by atomic mass is 9.84. The van der Waals surface area contributed by atoms with Crippen molar-refractivity contribution in [1.82, 2.24) is 9.80 Å². The molecule has 2 aliphatic heterocycles. The predicted molar refractivity (Wildman–Crippen MR) is 120 cm³/mol. The Morgan fingerprint density at radius 3 is 2.66 bits per heavy atom. The van der Waals surface area contributed by atoms with Gasteiger partial charge in [0.15, 0.2) is 0 Å². The number of carbonyl (C=O) groups is 1. The highest BCUT2D eigenvalue weighted by atomic mass is 32.2. The summed E-state index contributed by atoms with van der Waals surface area (Å²) >= 11 is 3.53. The van der Waals surface area contributed by atoms with Crippen LogP contribution in [0.2, 0.25) is 0 Å². The third kappa shape index (κ3) is 4.86. The van der Waals surface area contributed by atoms with Gasteiger partial charge in [-0.3, -0.25) is 9.69 Å². The number of rotatable bonds is 6. The number of piperidine rings is 1. The fourth-order valence-corrected chi connectivity index (χ4v) is 6.67. The maximum atomic E-state index is 14.4. The Morgan fingerprint density at radius 1 is 1.21 bits per heavy atom. The highest BCUT2D eigenvalue weighted by molar-refractivity contribution is 7.99. The van der Waals surface area contributed by atoms with E-state index in [0.717, 1.165) is 36.9 Å². The fraction of sp³-hybridized carbons (Fsp3) is 0.522. The highest BCUT2D eigenvalue weighted by Gasteiger charge is 2.34. The Labute approximate surface area is 181 Å². The van der Waals surface area contributed by atoms with Gasteiger partial charge in [-0.25, -0.2) is 4.39 Å². The van der Waals surface area contributed by atoms with E-state index in [1.807, 2.05) is 41.6 Å². The smallest absolute Gasteiger partial charge is 0.263 e. The Kier molecular flexibility index (Phi) is 6.93. The summed E-state index contributed by atoms with van der Waals surface area (Å²) in [5.74, 6) is 2.80. The summed E-state index contributed by atoms with van der Waals surface area (Å²) < 4.78 is 14.4. The summed E-state index contributed by atoms with van der Waals surface area (Å²) in [6.45, 7) is 2.18. The van der Waals surface area contributed by atoms with Gasteiger partial charge < -0.3 is 4.90 Å². The van der Waals surface area contributed by atoms with Crippen molar-refractivity contribution in [2.75, 3.05) is 31.6 Å². The second-order valence-corrected chi connectivity index (χ2v) is 10.2. The molecule has 0 unspecified atom stereocenters. The summed E-state index contributed by atoms with van der Waals surface area (Å²) in [5, 5.41) is 1.94. The summed E-state index contributed by atoms with van der Waals surface area (Å²) in [5.41, 5.74) is 0.706. The number of thiophene rings is 1. The zero-order valence-corrected chi connectivity index (χ0v) is 18.6. The van der Waals surface area contributed by atoms with E-state index in [1.165, 1.54) is 35.3 Å². The van der Waals surface area contributed by atoms with E-state index in [2.05, 4.69) is 16.7 Å². The highest BCUT2D eigenvalue weighted by Crippen LogP contribution is 2.31. The minimum absolute atomic E-state index is 0.0154. The van der Waals surface area contributed by atoms with Gasteiger partial charge >= 0.3 is 0 Å². The van der Waals surface area contributed by atoms with Crippen LogP contribution in [0, 0.1) is 11.7 Å². The number of thioether (sulfide) groups is 1. The Morgan fingerprint density at radius 2 is 2.00 bits per heavy atom. The standard InChI is InChI=1S/C23H29FN2OS2/c1-25(23(27)22-7-4-13-29-22)21(15-18-5-2-3-6-20(18)24)17-8-11-26(12-9-17)19-10-14-28-16-19/h2-7,13,17,19,21H,8-12,14-16H2,1H3/t19-,21+/m0/s1. The maximum absolute atomic E-state index is 14.4. The number of halogens is 1. The van der Waals surface area contributed by atoms with Gasteiger partial charge in [-0.15, -0.1) is 11.3 Å². The van der Waals surface area contributed by atoms with Gasteiger partial charge in [0, 0.05) is 24.9 Å². The lowest BCUT2D eigenvalue weighted by Crippen LogP contribution is -2.49. The average Bonchev–Trinajstić information content (AvgIpc) is 3.47. The zero-order valence-electron chi connectivity index (χ0n) is 16.9. The third-order valence-electron chi connectivity index (χ3n) is 6.48. The quantitative estimate of drug-likeness (QED) is 0.656. The van der Waals surface area contributed by atoms with Gasteiger partial charge in [-0.05, 0) is 73.5 Å². The number of amides is 1. The molecule has 0 N–H and O–H groups in total. The molecule has 2 aromatic rings. The van der Waals surface area contributed by atoms with Crippen LogP contribution in [-0.2, 0) is 6.42 Å². The first kappa shape index (κ1) is 20.9. The molecule has 1 aromatic heterocycles.